The van der Waals surface area contributed by atoms with Crippen LogP contribution in [0.1, 0.15) is 59.1 Å². The van der Waals surface area contributed by atoms with Gasteiger partial charge in [0.2, 0.25) is 0 Å². The summed E-state index contributed by atoms with van der Waals surface area (Å²) in [7, 11) is 0.495. The van der Waals surface area contributed by atoms with Crippen LogP contribution in [0.5, 0.6) is 0 Å². The molecule has 33 heavy (non-hydrogen) atoms. The maximum Gasteiger partial charge on any atom is 0.309 e. The van der Waals surface area contributed by atoms with E-state index >= 15 is 0 Å². The highest BCUT2D eigenvalue weighted by molar-refractivity contribution is 8.05. The van der Waals surface area contributed by atoms with Gasteiger partial charge in [0.25, 0.3) is 0 Å². The molecule has 1 N–H and O–H groups in total. The Morgan fingerprint density at radius 2 is 1.58 bits per heavy atom. The van der Waals surface area contributed by atoms with Crippen LogP contribution in [0.15, 0.2) is 85.3 Å². The Bertz CT molecular complexity index is 1230. The van der Waals surface area contributed by atoms with Crippen molar-refractivity contribution in [3.63, 3.8) is 0 Å². The number of fused-ring (bicyclic) bond motifs is 4. The van der Waals surface area contributed by atoms with E-state index in [1.54, 1.807) is 13.8 Å². The van der Waals surface area contributed by atoms with Crippen molar-refractivity contribution in [2.45, 2.75) is 84.2 Å². The zero-order valence-corrected chi connectivity index (χ0v) is 21.9. The maximum absolute atomic E-state index is 10.4. The SMILES string of the molecule is CC1(C)C2=C(CC=C(BOC(C)(C)C(C)(C)O)C=C2)c2cc3c(cc21)Sc1ccccc1S3. The summed E-state index contributed by atoms with van der Waals surface area (Å²) in [6, 6.07) is 13.5. The Morgan fingerprint density at radius 3 is 2.21 bits per heavy atom. The fourth-order valence-corrected chi connectivity index (χ4v) is 6.85. The van der Waals surface area contributed by atoms with E-state index in [-0.39, 0.29) is 5.41 Å². The molecule has 0 fully saturated rings. The number of benzene rings is 2. The molecule has 0 spiro atoms. The lowest BCUT2D eigenvalue weighted by atomic mass is 9.79. The Morgan fingerprint density at radius 1 is 0.939 bits per heavy atom. The van der Waals surface area contributed by atoms with Gasteiger partial charge in [-0.15, -0.1) is 0 Å². The molecule has 170 valence electrons. The molecule has 0 radical (unpaired) electrons. The summed E-state index contributed by atoms with van der Waals surface area (Å²) in [4.78, 5) is 5.41. The molecule has 1 heterocycles. The van der Waals surface area contributed by atoms with E-state index in [1.165, 1.54) is 41.9 Å². The van der Waals surface area contributed by atoms with Crippen LogP contribution < -0.4 is 0 Å². The highest BCUT2D eigenvalue weighted by Gasteiger charge is 2.39. The lowest BCUT2D eigenvalue weighted by Gasteiger charge is -2.37. The van der Waals surface area contributed by atoms with E-state index in [0.29, 0.717) is 7.48 Å². The van der Waals surface area contributed by atoms with Gasteiger partial charge in [0, 0.05) is 25.0 Å². The van der Waals surface area contributed by atoms with Crippen LogP contribution in [-0.2, 0) is 10.1 Å². The average molecular weight is 475 g/mol. The fraction of sp³-hybridized carbons (Fsp3) is 0.357. The van der Waals surface area contributed by atoms with Crippen molar-refractivity contribution < 1.29 is 9.76 Å². The normalized spacial score (nSPS) is 18.7. The van der Waals surface area contributed by atoms with Crippen molar-refractivity contribution in [1.29, 1.82) is 0 Å². The molecule has 0 bridgehead atoms. The van der Waals surface area contributed by atoms with Gasteiger partial charge < -0.3 is 9.76 Å². The molecule has 2 aromatic carbocycles. The van der Waals surface area contributed by atoms with Gasteiger partial charge in [-0.3, -0.25) is 0 Å². The van der Waals surface area contributed by atoms with Crippen LogP contribution >= 0.6 is 23.5 Å². The first-order valence-electron chi connectivity index (χ1n) is 11.6. The zero-order chi connectivity index (χ0) is 23.6. The van der Waals surface area contributed by atoms with Crippen molar-refractivity contribution in [2.24, 2.45) is 0 Å². The lowest BCUT2D eigenvalue weighted by molar-refractivity contribution is -0.0896. The maximum atomic E-state index is 10.4. The van der Waals surface area contributed by atoms with Crippen molar-refractivity contribution in [3.8, 4) is 0 Å². The highest BCUT2D eigenvalue weighted by Crippen LogP contribution is 2.55. The van der Waals surface area contributed by atoms with Crippen LogP contribution in [0.3, 0.4) is 0 Å². The molecule has 1 aliphatic heterocycles. The third kappa shape index (κ3) is 3.97. The summed E-state index contributed by atoms with van der Waals surface area (Å²) in [6.07, 6.45) is 7.69. The lowest BCUT2D eigenvalue weighted by Crippen LogP contribution is -2.48. The van der Waals surface area contributed by atoms with Crippen LogP contribution in [0.4, 0.5) is 0 Å². The van der Waals surface area contributed by atoms with E-state index < -0.39 is 11.2 Å². The molecule has 5 rings (SSSR count). The van der Waals surface area contributed by atoms with Gasteiger partial charge in [-0.25, -0.2) is 0 Å². The average Bonchev–Trinajstić information content (AvgIpc) is 2.89. The summed E-state index contributed by atoms with van der Waals surface area (Å²) in [5, 5.41) is 10.4. The molecule has 2 aromatic rings. The molecular weight excluding hydrogens is 443 g/mol. The first-order chi connectivity index (χ1) is 15.5. The predicted molar refractivity (Wildman–Crippen MR) is 142 cm³/mol. The number of allylic oxidation sites excluding steroid dienone is 6. The molecular formula is C28H31BO2S2. The topological polar surface area (TPSA) is 29.5 Å². The minimum atomic E-state index is -0.906. The van der Waals surface area contributed by atoms with E-state index in [4.69, 9.17) is 4.65 Å². The number of hydrogen-bond donors (Lipinski definition) is 1. The van der Waals surface area contributed by atoms with Crippen LogP contribution in [0.2, 0.25) is 0 Å². The molecule has 0 saturated heterocycles. The minimum absolute atomic E-state index is 0.0328. The molecule has 0 amide bonds. The number of hydrogen-bond acceptors (Lipinski definition) is 4. The first-order valence-corrected chi connectivity index (χ1v) is 13.2. The Kier molecular flexibility index (Phi) is 5.56. The second kappa shape index (κ2) is 7.95. The third-order valence-electron chi connectivity index (χ3n) is 7.48. The van der Waals surface area contributed by atoms with Gasteiger partial charge in [0.15, 0.2) is 0 Å². The third-order valence-corrected chi connectivity index (χ3v) is 10.0. The summed E-state index contributed by atoms with van der Waals surface area (Å²) in [5.74, 6) is 0. The van der Waals surface area contributed by atoms with Gasteiger partial charge in [-0.2, -0.15) is 0 Å². The fourth-order valence-electron chi connectivity index (χ4n) is 4.58. The van der Waals surface area contributed by atoms with Gasteiger partial charge in [0.05, 0.1) is 11.2 Å². The number of rotatable bonds is 4. The van der Waals surface area contributed by atoms with Gasteiger partial charge in [-0.05, 0) is 80.7 Å². The molecule has 3 aliphatic rings. The highest BCUT2D eigenvalue weighted by atomic mass is 32.2. The quantitative estimate of drug-likeness (QED) is 0.408. The van der Waals surface area contributed by atoms with Crippen LogP contribution in [0.25, 0.3) is 5.57 Å². The van der Waals surface area contributed by atoms with Gasteiger partial charge in [-0.1, -0.05) is 73.2 Å². The van der Waals surface area contributed by atoms with Crippen molar-refractivity contribution in [1.82, 2.24) is 0 Å². The van der Waals surface area contributed by atoms with Crippen LogP contribution in [-0.4, -0.2) is 23.8 Å². The van der Waals surface area contributed by atoms with E-state index in [2.05, 4.69) is 68.5 Å². The second-order valence-corrected chi connectivity index (χ2v) is 12.9. The summed E-state index contributed by atoms with van der Waals surface area (Å²) < 4.78 is 6.15. The van der Waals surface area contributed by atoms with Crippen molar-refractivity contribution >= 4 is 36.6 Å². The van der Waals surface area contributed by atoms with Gasteiger partial charge in [0.1, 0.15) is 0 Å². The van der Waals surface area contributed by atoms with Crippen LogP contribution in [0, 0.1) is 0 Å². The Hall–Kier alpha value is -1.66. The van der Waals surface area contributed by atoms with Crippen molar-refractivity contribution in [3.05, 3.63) is 76.8 Å². The first kappa shape index (κ1) is 23.1. The summed E-state index contributed by atoms with van der Waals surface area (Å²) in [5.41, 5.74) is 5.25. The smallest absolute Gasteiger partial charge is 0.309 e. The molecule has 5 heteroatoms. The van der Waals surface area contributed by atoms with E-state index in [9.17, 15) is 5.11 Å². The molecule has 2 aliphatic carbocycles. The molecule has 0 unspecified atom stereocenters. The Labute approximate surface area is 206 Å². The zero-order valence-electron chi connectivity index (χ0n) is 20.3. The molecule has 0 saturated carbocycles. The Balaban J connectivity index is 1.44. The molecule has 0 aromatic heterocycles. The monoisotopic (exact) mass is 474 g/mol. The molecule has 0 atom stereocenters. The summed E-state index contributed by atoms with van der Waals surface area (Å²) >= 11 is 3.78. The van der Waals surface area contributed by atoms with E-state index in [0.717, 1.165) is 11.9 Å². The number of aliphatic hydroxyl groups is 1. The van der Waals surface area contributed by atoms with E-state index in [1.807, 2.05) is 37.4 Å². The molecule has 2 nitrogen and oxygen atoms in total. The van der Waals surface area contributed by atoms with Crippen molar-refractivity contribution in [2.75, 3.05) is 0 Å². The van der Waals surface area contributed by atoms with Gasteiger partial charge >= 0.3 is 7.48 Å². The summed E-state index contributed by atoms with van der Waals surface area (Å²) in [6.45, 7) is 12.2. The minimum Gasteiger partial charge on any atom is -0.427 e. The predicted octanol–water partition coefficient (Wildman–Crippen LogP) is 7.11. The standard InChI is InChI=1S/C28H31BO2S2/c1-26(2)20-14-12-17(29-31-28(5,6)27(3,4)30)11-13-18(20)19-15-24-25(16-21(19)26)33-23-10-8-7-9-22(23)32-24/h7-12,14-16,29-30H,13H2,1-6H3. The second-order valence-electron chi connectivity index (χ2n) is 10.7. The largest absolute Gasteiger partial charge is 0.427 e.